The van der Waals surface area contributed by atoms with E-state index in [-0.39, 0.29) is 35.9 Å². The molecule has 0 bridgehead atoms. The van der Waals surface area contributed by atoms with Gasteiger partial charge in [0.25, 0.3) is 5.91 Å². The van der Waals surface area contributed by atoms with Gasteiger partial charge < -0.3 is 19.7 Å². The first-order valence-electron chi connectivity index (χ1n) is 10.8. The zero-order valence-electron chi connectivity index (χ0n) is 18.5. The SMILES string of the molecule is COC(=O)[C@@H]1C[C@]2(C)C[C@@H]2N1C(=O)CNC(=O)c1ccc(O[C@H](C)c2ccccc2)cc1. The Morgan fingerprint density at radius 3 is 2.44 bits per heavy atom. The predicted molar refractivity (Wildman–Crippen MR) is 118 cm³/mol. The molecule has 0 spiro atoms. The lowest BCUT2D eigenvalue weighted by Crippen LogP contribution is -2.47. The summed E-state index contributed by atoms with van der Waals surface area (Å²) in [5.74, 6) is -0.372. The molecule has 1 saturated carbocycles. The molecule has 1 aliphatic heterocycles. The number of likely N-dealkylation sites (tertiary alicyclic amines) is 1. The number of methoxy groups -OCH3 is 1. The third-order valence-corrected chi connectivity index (χ3v) is 6.50. The number of amides is 2. The number of fused-ring (bicyclic) bond motifs is 1. The van der Waals surface area contributed by atoms with E-state index >= 15 is 0 Å². The summed E-state index contributed by atoms with van der Waals surface area (Å²) in [5.41, 5.74) is 1.47. The van der Waals surface area contributed by atoms with Crippen LogP contribution in [-0.2, 0) is 14.3 Å². The third kappa shape index (κ3) is 4.33. The normalized spacial score (nSPS) is 24.3. The molecule has 168 valence electrons. The van der Waals surface area contributed by atoms with Crippen LogP contribution in [0.2, 0.25) is 0 Å². The third-order valence-electron chi connectivity index (χ3n) is 6.50. The second kappa shape index (κ2) is 8.65. The largest absolute Gasteiger partial charge is 0.486 e. The average molecular weight is 437 g/mol. The molecule has 0 unspecified atom stereocenters. The van der Waals surface area contributed by atoms with E-state index in [1.165, 1.54) is 7.11 Å². The summed E-state index contributed by atoms with van der Waals surface area (Å²) in [6, 6.07) is 16.1. The van der Waals surface area contributed by atoms with Crippen LogP contribution in [-0.4, -0.2) is 48.4 Å². The maximum Gasteiger partial charge on any atom is 0.328 e. The van der Waals surface area contributed by atoms with Crippen molar-refractivity contribution in [3.8, 4) is 5.75 Å². The topological polar surface area (TPSA) is 84.9 Å². The number of carbonyl (C=O) groups excluding carboxylic acids is 3. The van der Waals surface area contributed by atoms with E-state index in [9.17, 15) is 14.4 Å². The van der Waals surface area contributed by atoms with Crippen LogP contribution in [0, 0.1) is 5.41 Å². The Hall–Kier alpha value is -3.35. The van der Waals surface area contributed by atoms with Gasteiger partial charge in [0.1, 0.15) is 17.9 Å². The Morgan fingerprint density at radius 1 is 1.09 bits per heavy atom. The highest BCUT2D eigenvalue weighted by Gasteiger charge is 2.64. The number of ether oxygens (including phenoxy) is 2. The number of hydrogen-bond donors (Lipinski definition) is 1. The number of carbonyl (C=O) groups is 3. The molecule has 1 aliphatic carbocycles. The first-order chi connectivity index (χ1) is 15.3. The molecule has 1 heterocycles. The molecule has 7 heteroatoms. The molecule has 32 heavy (non-hydrogen) atoms. The molecular formula is C25H28N2O5. The molecule has 1 N–H and O–H groups in total. The zero-order chi connectivity index (χ0) is 22.9. The Balaban J connectivity index is 1.32. The van der Waals surface area contributed by atoms with Crippen LogP contribution < -0.4 is 10.1 Å². The van der Waals surface area contributed by atoms with Crippen molar-refractivity contribution in [2.24, 2.45) is 5.41 Å². The number of piperidine rings is 1. The van der Waals surface area contributed by atoms with E-state index in [0.717, 1.165) is 12.0 Å². The van der Waals surface area contributed by atoms with Crippen molar-refractivity contribution in [1.82, 2.24) is 10.2 Å². The molecule has 2 fully saturated rings. The zero-order valence-corrected chi connectivity index (χ0v) is 18.5. The molecule has 4 rings (SSSR count). The standard InChI is InChI=1S/C25H28N2O5/c1-16(17-7-5-4-6-8-17)32-19-11-9-18(10-12-19)23(29)26-15-22(28)27-20(24(30)31-3)13-25(2)14-21(25)27/h4-12,16,20-21H,13-15H2,1-3H3,(H,26,29)/t16-,20+,21+,25-/m1/s1. The highest BCUT2D eigenvalue weighted by Crippen LogP contribution is 2.59. The lowest BCUT2D eigenvalue weighted by atomic mass is 10.0. The summed E-state index contributed by atoms with van der Waals surface area (Å²) in [5, 5.41) is 2.67. The van der Waals surface area contributed by atoms with Crippen molar-refractivity contribution in [3.05, 3.63) is 65.7 Å². The average Bonchev–Trinajstić information content (AvgIpc) is 3.37. The first-order valence-corrected chi connectivity index (χ1v) is 10.8. The number of nitrogens with zero attached hydrogens (tertiary/aromatic N) is 1. The van der Waals surface area contributed by atoms with E-state index in [4.69, 9.17) is 9.47 Å². The van der Waals surface area contributed by atoms with E-state index in [1.54, 1.807) is 29.2 Å². The molecule has 2 amide bonds. The van der Waals surface area contributed by atoms with Crippen molar-refractivity contribution in [2.45, 2.75) is 44.9 Å². The van der Waals surface area contributed by atoms with Gasteiger partial charge in [-0.25, -0.2) is 4.79 Å². The Morgan fingerprint density at radius 2 is 1.78 bits per heavy atom. The van der Waals surface area contributed by atoms with E-state index in [1.807, 2.05) is 37.3 Å². The fourth-order valence-corrected chi connectivity index (χ4v) is 4.50. The summed E-state index contributed by atoms with van der Waals surface area (Å²) >= 11 is 0. The summed E-state index contributed by atoms with van der Waals surface area (Å²) in [6.07, 6.45) is 1.36. The van der Waals surface area contributed by atoms with Gasteiger partial charge in [-0.3, -0.25) is 9.59 Å². The fraction of sp³-hybridized carbons (Fsp3) is 0.400. The lowest BCUT2D eigenvalue weighted by Gasteiger charge is -2.25. The van der Waals surface area contributed by atoms with E-state index in [0.29, 0.717) is 17.7 Å². The smallest absolute Gasteiger partial charge is 0.328 e. The van der Waals surface area contributed by atoms with E-state index in [2.05, 4.69) is 12.2 Å². The van der Waals surface area contributed by atoms with Crippen molar-refractivity contribution >= 4 is 17.8 Å². The second-order valence-electron chi connectivity index (χ2n) is 8.80. The van der Waals surface area contributed by atoms with Gasteiger partial charge in [-0.1, -0.05) is 37.3 Å². The number of hydrogen-bond acceptors (Lipinski definition) is 5. The van der Waals surface area contributed by atoms with Crippen molar-refractivity contribution in [3.63, 3.8) is 0 Å². The molecular weight excluding hydrogens is 408 g/mol. The van der Waals surface area contributed by atoms with Crippen LogP contribution in [0.4, 0.5) is 0 Å². The summed E-state index contributed by atoms with van der Waals surface area (Å²) in [6.45, 7) is 3.87. The van der Waals surface area contributed by atoms with Gasteiger partial charge >= 0.3 is 5.97 Å². The minimum Gasteiger partial charge on any atom is -0.486 e. The fourth-order valence-electron chi connectivity index (χ4n) is 4.50. The van der Waals surface area contributed by atoms with Gasteiger partial charge in [-0.05, 0) is 55.0 Å². The van der Waals surface area contributed by atoms with Crippen molar-refractivity contribution in [1.29, 1.82) is 0 Å². The molecule has 2 aromatic carbocycles. The van der Waals surface area contributed by atoms with Crippen LogP contribution in [0.5, 0.6) is 5.75 Å². The van der Waals surface area contributed by atoms with Crippen LogP contribution >= 0.6 is 0 Å². The van der Waals surface area contributed by atoms with Crippen LogP contribution in [0.25, 0.3) is 0 Å². The number of rotatable bonds is 7. The van der Waals surface area contributed by atoms with Crippen LogP contribution in [0.1, 0.15) is 48.7 Å². The quantitative estimate of drug-likeness (QED) is 0.674. The molecule has 4 atom stereocenters. The van der Waals surface area contributed by atoms with Gasteiger partial charge in [0.15, 0.2) is 0 Å². The monoisotopic (exact) mass is 436 g/mol. The van der Waals surface area contributed by atoms with Gasteiger partial charge in [0, 0.05) is 11.6 Å². The van der Waals surface area contributed by atoms with Crippen molar-refractivity contribution in [2.75, 3.05) is 13.7 Å². The highest BCUT2D eigenvalue weighted by atomic mass is 16.5. The molecule has 0 radical (unpaired) electrons. The highest BCUT2D eigenvalue weighted by molar-refractivity contribution is 5.97. The molecule has 2 aromatic rings. The summed E-state index contributed by atoms with van der Waals surface area (Å²) in [4.78, 5) is 39.0. The van der Waals surface area contributed by atoms with Crippen LogP contribution in [0.15, 0.2) is 54.6 Å². The lowest BCUT2D eigenvalue weighted by molar-refractivity contribution is -0.151. The second-order valence-corrected chi connectivity index (χ2v) is 8.80. The first kappa shape index (κ1) is 21.9. The van der Waals surface area contributed by atoms with Crippen LogP contribution in [0.3, 0.4) is 0 Å². The maximum absolute atomic E-state index is 12.8. The Labute approximate surface area is 187 Å². The number of benzene rings is 2. The molecule has 2 aliphatic rings. The summed E-state index contributed by atoms with van der Waals surface area (Å²) < 4.78 is 10.8. The van der Waals surface area contributed by atoms with Gasteiger partial charge in [0.2, 0.25) is 5.91 Å². The van der Waals surface area contributed by atoms with E-state index < -0.39 is 12.0 Å². The Kier molecular flexibility index (Phi) is 5.91. The molecule has 0 aromatic heterocycles. The number of nitrogens with one attached hydrogen (secondary N) is 1. The van der Waals surface area contributed by atoms with Gasteiger partial charge in [0.05, 0.1) is 13.7 Å². The van der Waals surface area contributed by atoms with Gasteiger partial charge in [-0.2, -0.15) is 0 Å². The summed E-state index contributed by atoms with van der Waals surface area (Å²) in [7, 11) is 1.33. The Bertz CT molecular complexity index is 1010. The molecule has 1 saturated heterocycles. The predicted octanol–water partition coefficient (Wildman–Crippen LogP) is 3.11. The minimum atomic E-state index is -0.573. The molecule has 7 nitrogen and oxygen atoms in total. The van der Waals surface area contributed by atoms with Gasteiger partial charge in [-0.15, -0.1) is 0 Å². The van der Waals surface area contributed by atoms with Crippen molar-refractivity contribution < 1.29 is 23.9 Å². The number of esters is 1. The maximum atomic E-state index is 12.8. The minimum absolute atomic E-state index is 0.0226.